The first-order valence-electron chi connectivity index (χ1n) is 6.75. The molecule has 0 bridgehead atoms. The molecule has 0 radical (unpaired) electrons. The first kappa shape index (κ1) is 13.2. The molecule has 0 atom stereocenters. The van der Waals surface area contributed by atoms with Gasteiger partial charge in [-0.1, -0.05) is 22.0 Å². The molecule has 2 aromatic rings. The van der Waals surface area contributed by atoms with Crippen molar-refractivity contribution < 1.29 is 4.74 Å². The van der Waals surface area contributed by atoms with Crippen LogP contribution in [0.25, 0.3) is 0 Å². The number of rotatable bonds is 2. The van der Waals surface area contributed by atoms with Gasteiger partial charge in [0.05, 0.1) is 5.56 Å². The topological polar surface area (TPSA) is 33.0 Å². The highest BCUT2D eigenvalue weighted by Crippen LogP contribution is 2.30. The van der Waals surface area contributed by atoms with Crippen LogP contribution in [-0.2, 0) is 12.8 Å². The average molecular weight is 328 g/mol. The molecule has 0 spiro atoms. The highest BCUT2D eigenvalue weighted by atomic mass is 79.9. The van der Waals surface area contributed by atoms with Crippen LogP contribution in [-0.4, -0.2) is 0 Å². The molecule has 3 heteroatoms. The summed E-state index contributed by atoms with van der Waals surface area (Å²) >= 11 is 3.37. The van der Waals surface area contributed by atoms with E-state index >= 15 is 0 Å². The minimum atomic E-state index is 0.539. The summed E-state index contributed by atoms with van der Waals surface area (Å²) < 4.78 is 6.76. The van der Waals surface area contributed by atoms with E-state index in [1.807, 2.05) is 18.2 Å². The van der Waals surface area contributed by atoms with Crippen molar-refractivity contribution in [2.45, 2.75) is 25.7 Å². The Labute approximate surface area is 127 Å². The second-order valence-electron chi connectivity index (χ2n) is 4.99. The molecule has 0 saturated heterocycles. The molecule has 0 N–H and O–H groups in total. The van der Waals surface area contributed by atoms with Crippen LogP contribution >= 0.6 is 15.9 Å². The molecular formula is C17H14BrNO. The van der Waals surface area contributed by atoms with Crippen molar-refractivity contribution in [3.63, 3.8) is 0 Å². The number of benzene rings is 2. The Hall–Kier alpha value is -1.79. The average Bonchev–Trinajstić information content (AvgIpc) is 2.49. The Morgan fingerprint density at radius 3 is 2.60 bits per heavy atom. The predicted octanol–water partition coefficient (Wildman–Crippen LogP) is 4.99. The molecule has 3 rings (SSSR count). The van der Waals surface area contributed by atoms with Gasteiger partial charge >= 0.3 is 0 Å². The first-order chi connectivity index (χ1) is 9.76. The van der Waals surface area contributed by atoms with E-state index in [1.165, 1.54) is 24.0 Å². The number of nitrogens with zero attached hydrogens (tertiary/aromatic N) is 1. The molecule has 1 aliphatic rings. The van der Waals surface area contributed by atoms with E-state index in [9.17, 15) is 0 Å². The van der Waals surface area contributed by atoms with Crippen LogP contribution in [0.5, 0.6) is 11.5 Å². The molecule has 0 unspecified atom stereocenters. The zero-order valence-corrected chi connectivity index (χ0v) is 12.6. The smallest absolute Gasteiger partial charge is 0.145 e. The van der Waals surface area contributed by atoms with Crippen LogP contribution < -0.4 is 4.74 Å². The molecular weight excluding hydrogens is 314 g/mol. The fourth-order valence-corrected chi connectivity index (χ4v) is 2.94. The Bertz CT molecular complexity index is 688. The third kappa shape index (κ3) is 2.71. The quantitative estimate of drug-likeness (QED) is 0.778. The van der Waals surface area contributed by atoms with E-state index in [0.717, 1.165) is 23.1 Å². The molecule has 20 heavy (non-hydrogen) atoms. The maximum Gasteiger partial charge on any atom is 0.145 e. The number of hydrogen-bond acceptors (Lipinski definition) is 2. The van der Waals surface area contributed by atoms with E-state index < -0.39 is 0 Å². The number of nitriles is 1. The highest BCUT2D eigenvalue weighted by Gasteiger charge is 2.11. The van der Waals surface area contributed by atoms with E-state index in [2.05, 4.69) is 34.1 Å². The SMILES string of the molecule is N#Cc1cc(Br)ccc1Oc1ccc2c(c1)CCCC2. The van der Waals surface area contributed by atoms with Gasteiger partial charge in [-0.25, -0.2) is 0 Å². The minimum Gasteiger partial charge on any atom is -0.456 e. The Morgan fingerprint density at radius 1 is 1.00 bits per heavy atom. The van der Waals surface area contributed by atoms with Crippen molar-refractivity contribution >= 4 is 15.9 Å². The molecule has 0 heterocycles. The van der Waals surface area contributed by atoms with E-state index in [1.54, 1.807) is 6.07 Å². The third-order valence-corrected chi connectivity index (χ3v) is 4.10. The van der Waals surface area contributed by atoms with E-state index in [4.69, 9.17) is 10.00 Å². The summed E-state index contributed by atoms with van der Waals surface area (Å²) in [5, 5.41) is 9.16. The van der Waals surface area contributed by atoms with Crippen LogP contribution in [0.15, 0.2) is 40.9 Å². The van der Waals surface area contributed by atoms with Crippen molar-refractivity contribution in [2.75, 3.05) is 0 Å². The summed E-state index contributed by atoms with van der Waals surface area (Å²) in [5.41, 5.74) is 3.35. The number of aryl methyl sites for hydroxylation is 2. The van der Waals surface area contributed by atoms with Crippen molar-refractivity contribution in [1.82, 2.24) is 0 Å². The minimum absolute atomic E-state index is 0.539. The normalized spacial score (nSPS) is 13.4. The highest BCUT2D eigenvalue weighted by molar-refractivity contribution is 9.10. The fourth-order valence-electron chi connectivity index (χ4n) is 2.58. The van der Waals surface area contributed by atoms with E-state index in [0.29, 0.717) is 11.3 Å². The summed E-state index contributed by atoms with van der Waals surface area (Å²) in [6, 6.07) is 13.9. The van der Waals surface area contributed by atoms with Gasteiger partial charge in [0, 0.05) is 4.47 Å². The molecule has 1 aliphatic carbocycles. The van der Waals surface area contributed by atoms with Gasteiger partial charge in [-0.15, -0.1) is 0 Å². The number of halogens is 1. The van der Waals surface area contributed by atoms with Crippen LogP contribution in [0.4, 0.5) is 0 Å². The Kier molecular flexibility index (Phi) is 3.75. The van der Waals surface area contributed by atoms with Crippen molar-refractivity contribution in [3.8, 4) is 17.6 Å². The Morgan fingerprint density at radius 2 is 1.80 bits per heavy atom. The largest absolute Gasteiger partial charge is 0.456 e. The lowest BCUT2D eigenvalue weighted by Crippen LogP contribution is -2.02. The summed E-state index contributed by atoms with van der Waals surface area (Å²) in [6.07, 6.45) is 4.81. The lowest BCUT2D eigenvalue weighted by molar-refractivity contribution is 0.479. The first-order valence-corrected chi connectivity index (χ1v) is 7.55. The van der Waals surface area contributed by atoms with E-state index in [-0.39, 0.29) is 0 Å². The fraction of sp³-hybridized carbons (Fsp3) is 0.235. The summed E-state index contributed by atoms with van der Waals surface area (Å²) in [5.74, 6) is 1.41. The zero-order valence-electron chi connectivity index (χ0n) is 11.0. The van der Waals surface area contributed by atoms with Gasteiger partial charge in [0.1, 0.15) is 17.6 Å². The van der Waals surface area contributed by atoms with Gasteiger partial charge in [0.25, 0.3) is 0 Å². The molecule has 100 valence electrons. The number of fused-ring (bicyclic) bond motifs is 1. The monoisotopic (exact) mass is 327 g/mol. The molecule has 0 aromatic heterocycles. The van der Waals surface area contributed by atoms with Crippen molar-refractivity contribution in [1.29, 1.82) is 5.26 Å². The lowest BCUT2D eigenvalue weighted by atomic mass is 9.92. The molecule has 2 nitrogen and oxygen atoms in total. The standard InChI is InChI=1S/C17H14BrNO/c18-15-6-8-17(14(9-15)11-19)20-16-7-5-12-3-1-2-4-13(12)10-16/h5-10H,1-4H2. The second kappa shape index (κ2) is 5.68. The van der Waals surface area contributed by atoms with Crippen LogP contribution in [0, 0.1) is 11.3 Å². The number of hydrogen-bond donors (Lipinski definition) is 0. The second-order valence-corrected chi connectivity index (χ2v) is 5.91. The molecule has 0 saturated carbocycles. The van der Waals surface area contributed by atoms with Gasteiger partial charge in [-0.3, -0.25) is 0 Å². The summed E-state index contributed by atoms with van der Waals surface area (Å²) in [6.45, 7) is 0. The van der Waals surface area contributed by atoms with Gasteiger partial charge < -0.3 is 4.74 Å². The predicted molar refractivity (Wildman–Crippen MR) is 82.0 cm³/mol. The Balaban J connectivity index is 1.90. The van der Waals surface area contributed by atoms with Crippen LogP contribution in [0.3, 0.4) is 0 Å². The van der Waals surface area contributed by atoms with Crippen molar-refractivity contribution in [2.24, 2.45) is 0 Å². The van der Waals surface area contributed by atoms with Gasteiger partial charge in [0.15, 0.2) is 0 Å². The summed E-state index contributed by atoms with van der Waals surface area (Å²) in [7, 11) is 0. The van der Waals surface area contributed by atoms with Gasteiger partial charge in [-0.2, -0.15) is 5.26 Å². The number of ether oxygens (including phenoxy) is 1. The maximum absolute atomic E-state index is 9.16. The summed E-state index contributed by atoms with van der Waals surface area (Å²) in [4.78, 5) is 0. The van der Waals surface area contributed by atoms with Gasteiger partial charge in [-0.05, 0) is 67.1 Å². The molecule has 0 fully saturated rings. The lowest BCUT2D eigenvalue weighted by Gasteiger charge is -2.17. The van der Waals surface area contributed by atoms with Crippen molar-refractivity contribution in [3.05, 3.63) is 57.6 Å². The maximum atomic E-state index is 9.16. The van der Waals surface area contributed by atoms with Gasteiger partial charge in [0.2, 0.25) is 0 Å². The zero-order chi connectivity index (χ0) is 13.9. The van der Waals surface area contributed by atoms with Crippen LogP contribution in [0.2, 0.25) is 0 Å². The molecule has 0 aliphatic heterocycles. The third-order valence-electron chi connectivity index (χ3n) is 3.61. The van der Waals surface area contributed by atoms with Crippen LogP contribution in [0.1, 0.15) is 29.5 Å². The molecule has 0 amide bonds. The molecule has 2 aromatic carbocycles.